The molecular weight excluding hydrogens is 494 g/mol. The van der Waals surface area contributed by atoms with Gasteiger partial charge in [0.05, 0.1) is 28.2 Å². The molecule has 2 N–H and O–H groups in total. The maximum Gasteiger partial charge on any atom is 0.175 e. The van der Waals surface area contributed by atoms with Gasteiger partial charge in [-0.3, -0.25) is 4.98 Å². The van der Waals surface area contributed by atoms with Crippen LogP contribution < -0.4 is 5.32 Å². The van der Waals surface area contributed by atoms with Crippen molar-refractivity contribution >= 4 is 54.6 Å². The Balaban J connectivity index is 1.42. The van der Waals surface area contributed by atoms with E-state index in [2.05, 4.69) is 25.5 Å². The molecule has 0 unspecified atom stereocenters. The highest BCUT2D eigenvalue weighted by molar-refractivity contribution is 7.90. The van der Waals surface area contributed by atoms with Gasteiger partial charge in [0.2, 0.25) is 0 Å². The molecule has 0 bridgehead atoms. The number of nitrogens with zero attached hydrogens (tertiary/aromatic N) is 3. The van der Waals surface area contributed by atoms with Crippen LogP contribution >= 0.6 is 11.6 Å². The zero-order valence-corrected chi connectivity index (χ0v) is 21.1. The molecule has 0 radical (unpaired) electrons. The molecule has 2 heterocycles. The van der Waals surface area contributed by atoms with Crippen molar-refractivity contribution in [1.82, 2.24) is 9.97 Å². The average molecular weight is 518 g/mol. The van der Waals surface area contributed by atoms with E-state index in [0.29, 0.717) is 29.4 Å². The highest BCUT2D eigenvalue weighted by Crippen LogP contribution is 2.30. The van der Waals surface area contributed by atoms with Crippen molar-refractivity contribution in [3.05, 3.63) is 95.3 Å². The number of fused-ring (bicyclic) bond motifs is 3. The molecule has 182 valence electrons. The van der Waals surface area contributed by atoms with Crippen LogP contribution in [-0.4, -0.2) is 31.2 Å². The Hall–Kier alpha value is -3.75. The van der Waals surface area contributed by atoms with Gasteiger partial charge in [-0.1, -0.05) is 29.8 Å². The first-order valence-electron chi connectivity index (χ1n) is 11.4. The minimum Gasteiger partial charge on any atom is -0.385 e. The second-order valence-corrected chi connectivity index (χ2v) is 11.0. The van der Waals surface area contributed by atoms with E-state index >= 15 is 0 Å². The van der Waals surface area contributed by atoms with Gasteiger partial charge in [0, 0.05) is 58.2 Å². The quantitative estimate of drug-likeness (QED) is 0.223. The second-order valence-electron chi connectivity index (χ2n) is 8.50. The highest BCUT2D eigenvalue weighted by Gasteiger charge is 2.15. The lowest BCUT2D eigenvalue weighted by Gasteiger charge is -2.08. The molecule has 9 heteroatoms. The fourth-order valence-electron chi connectivity index (χ4n) is 4.15. The van der Waals surface area contributed by atoms with E-state index in [1.165, 1.54) is 6.26 Å². The summed E-state index contributed by atoms with van der Waals surface area (Å²) in [6, 6.07) is 22.1. The van der Waals surface area contributed by atoms with Gasteiger partial charge in [0.15, 0.2) is 9.84 Å². The molecule has 0 amide bonds. The third kappa shape index (κ3) is 5.24. The summed E-state index contributed by atoms with van der Waals surface area (Å²) in [7, 11) is -3.22. The number of aromatic amines is 1. The fraction of sp³-hybridized carbons (Fsp3) is 0.148. The standard InChI is InChI=1S/C27H24ClN5O2S/c1-36(34,35)21-10-8-19(9-11-21)29-14-13-25-23(17-31-33-20-5-3-2-4-6-20)24-16-30-26-15-18(28)7-12-22(26)27(24)32-25/h2-12,15-16,29,32H,13-14,17H2,1H3. The smallest absolute Gasteiger partial charge is 0.175 e. The summed E-state index contributed by atoms with van der Waals surface area (Å²) in [6.07, 6.45) is 3.76. The van der Waals surface area contributed by atoms with Crippen LogP contribution in [0.1, 0.15) is 11.3 Å². The van der Waals surface area contributed by atoms with E-state index in [0.717, 1.165) is 44.4 Å². The van der Waals surface area contributed by atoms with Gasteiger partial charge in [0.1, 0.15) is 0 Å². The van der Waals surface area contributed by atoms with E-state index in [1.54, 1.807) is 24.3 Å². The van der Waals surface area contributed by atoms with Gasteiger partial charge in [0.25, 0.3) is 0 Å². The van der Waals surface area contributed by atoms with Gasteiger partial charge < -0.3 is 10.3 Å². The van der Waals surface area contributed by atoms with Gasteiger partial charge in [-0.2, -0.15) is 10.2 Å². The fourth-order valence-corrected chi connectivity index (χ4v) is 4.94. The summed E-state index contributed by atoms with van der Waals surface area (Å²) in [5, 5.41) is 14.8. The Labute approximate surface area is 214 Å². The van der Waals surface area contributed by atoms with Crippen LogP contribution in [0, 0.1) is 0 Å². The zero-order chi connectivity index (χ0) is 25.1. The first-order valence-corrected chi connectivity index (χ1v) is 13.7. The molecule has 3 aromatic carbocycles. The Morgan fingerprint density at radius 2 is 1.78 bits per heavy atom. The van der Waals surface area contributed by atoms with Crippen molar-refractivity contribution in [2.75, 3.05) is 18.1 Å². The molecule has 0 spiro atoms. The number of pyridine rings is 1. The number of sulfone groups is 1. The molecule has 2 aromatic heterocycles. The van der Waals surface area contributed by atoms with E-state index in [9.17, 15) is 8.42 Å². The third-order valence-corrected chi connectivity index (χ3v) is 7.32. The summed E-state index contributed by atoms with van der Waals surface area (Å²) in [6.45, 7) is 1.05. The van der Waals surface area contributed by atoms with Crippen LogP contribution in [0.5, 0.6) is 0 Å². The summed E-state index contributed by atoms with van der Waals surface area (Å²) < 4.78 is 23.4. The van der Waals surface area contributed by atoms with Crippen molar-refractivity contribution in [1.29, 1.82) is 0 Å². The van der Waals surface area contributed by atoms with Gasteiger partial charge >= 0.3 is 0 Å². The normalized spacial score (nSPS) is 12.1. The summed E-state index contributed by atoms with van der Waals surface area (Å²) in [5.41, 5.74) is 5.56. The summed E-state index contributed by atoms with van der Waals surface area (Å²) in [4.78, 5) is 8.51. The topological polar surface area (TPSA) is 99.6 Å². The van der Waals surface area contributed by atoms with E-state index in [-0.39, 0.29) is 0 Å². The molecule has 0 aliphatic carbocycles. The first-order chi connectivity index (χ1) is 17.4. The van der Waals surface area contributed by atoms with Crippen molar-refractivity contribution in [2.24, 2.45) is 10.2 Å². The number of H-pyrrole nitrogens is 1. The molecule has 0 aliphatic rings. The first kappa shape index (κ1) is 24.0. The van der Waals surface area contributed by atoms with Crippen molar-refractivity contribution < 1.29 is 8.42 Å². The van der Waals surface area contributed by atoms with Gasteiger partial charge in [-0.05, 0) is 54.6 Å². The van der Waals surface area contributed by atoms with Crippen LogP contribution in [0.3, 0.4) is 0 Å². The number of nitrogens with one attached hydrogen (secondary N) is 2. The van der Waals surface area contributed by atoms with Crippen molar-refractivity contribution in [2.45, 2.75) is 17.9 Å². The molecule has 0 saturated carbocycles. The van der Waals surface area contributed by atoms with Crippen molar-refractivity contribution in [3.63, 3.8) is 0 Å². The lowest BCUT2D eigenvalue weighted by Crippen LogP contribution is -2.07. The van der Waals surface area contributed by atoms with Crippen LogP contribution in [0.25, 0.3) is 21.8 Å². The SMILES string of the molecule is CS(=O)(=O)c1ccc(NCCc2[nH]c3c(cnc4cc(Cl)ccc43)c2CN=Nc2ccccc2)cc1. The predicted octanol–water partition coefficient (Wildman–Crippen LogP) is 6.71. The molecule has 5 aromatic rings. The maximum atomic E-state index is 11.7. The van der Waals surface area contributed by atoms with Gasteiger partial charge in [-0.15, -0.1) is 0 Å². The molecule has 0 aliphatic heterocycles. The van der Waals surface area contributed by atoms with Crippen molar-refractivity contribution in [3.8, 4) is 0 Å². The highest BCUT2D eigenvalue weighted by atomic mass is 35.5. The molecule has 36 heavy (non-hydrogen) atoms. The minimum absolute atomic E-state index is 0.300. The van der Waals surface area contributed by atoms with Crippen LogP contribution in [0.15, 0.2) is 94.1 Å². The summed E-state index contributed by atoms with van der Waals surface area (Å²) in [5.74, 6) is 0. The van der Waals surface area contributed by atoms with Crippen LogP contribution in [0.2, 0.25) is 5.02 Å². The Kier molecular flexibility index (Phi) is 6.71. The number of hydrogen-bond acceptors (Lipinski definition) is 6. The second kappa shape index (κ2) is 10.1. The van der Waals surface area contributed by atoms with E-state index < -0.39 is 9.84 Å². The maximum absolute atomic E-state index is 11.7. The Morgan fingerprint density at radius 1 is 1.00 bits per heavy atom. The number of hydrogen-bond donors (Lipinski definition) is 2. The number of azo groups is 1. The monoisotopic (exact) mass is 517 g/mol. The third-order valence-electron chi connectivity index (χ3n) is 5.95. The minimum atomic E-state index is -3.22. The number of rotatable bonds is 8. The molecule has 0 atom stereocenters. The van der Waals surface area contributed by atoms with Crippen LogP contribution in [0.4, 0.5) is 11.4 Å². The number of halogens is 1. The Morgan fingerprint density at radius 3 is 2.53 bits per heavy atom. The number of aromatic nitrogens is 2. The van der Waals surface area contributed by atoms with E-state index in [1.807, 2.05) is 54.7 Å². The molecule has 0 saturated heterocycles. The molecule has 5 rings (SSSR count). The predicted molar refractivity (Wildman–Crippen MR) is 145 cm³/mol. The molecular formula is C27H24ClN5O2S. The molecule has 0 fully saturated rings. The van der Waals surface area contributed by atoms with Crippen LogP contribution in [-0.2, 0) is 22.8 Å². The lowest BCUT2D eigenvalue weighted by atomic mass is 10.1. The number of benzene rings is 3. The zero-order valence-electron chi connectivity index (χ0n) is 19.6. The average Bonchev–Trinajstić information content (AvgIpc) is 3.22. The van der Waals surface area contributed by atoms with E-state index in [4.69, 9.17) is 11.6 Å². The largest absolute Gasteiger partial charge is 0.385 e. The lowest BCUT2D eigenvalue weighted by molar-refractivity contribution is 0.602. The number of anilines is 1. The summed E-state index contributed by atoms with van der Waals surface area (Å²) >= 11 is 6.18. The molecule has 7 nitrogen and oxygen atoms in total. The van der Waals surface area contributed by atoms with Gasteiger partial charge in [-0.25, -0.2) is 8.42 Å². The Bertz CT molecular complexity index is 1660.